The molecule has 6 heteroatoms. The molecule has 1 aliphatic heterocycles. The summed E-state index contributed by atoms with van der Waals surface area (Å²) >= 11 is 0. The van der Waals surface area contributed by atoms with E-state index < -0.39 is 12.1 Å². The van der Waals surface area contributed by atoms with Gasteiger partial charge in [-0.1, -0.05) is 0 Å². The molecule has 0 aromatic heterocycles. The molecule has 0 aliphatic carbocycles. The van der Waals surface area contributed by atoms with Gasteiger partial charge >= 0.3 is 6.18 Å². The van der Waals surface area contributed by atoms with E-state index in [1.807, 2.05) is 0 Å². The molecule has 0 aromatic rings. The maximum Gasteiger partial charge on any atom is 0.405 e. The van der Waals surface area contributed by atoms with Crippen molar-refractivity contribution in [3.05, 3.63) is 0 Å². The fraction of sp³-hybridized carbons (Fsp3) is 0.909. The Bertz CT molecular complexity index is 273. The van der Waals surface area contributed by atoms with Crippen molar-refractivity contribution in [2.24, 2.45) is 11.8 Å². The first-order valence-electron chi connectivity index (χ1n) is 5.65. The third kappa shape index (κ3) is 4.52. The summed E-state index contributed by atoms with van der Waals surface area (Å²) in [6.07, 6.45) is -2.58. The van der Waals surface area contributed by atoms with Crippen LogP contribution in [0.15, 0.2) is 0 Å². The minimum Gasteiger partial charge on any atom is -0.384 e. The zero-order chi connectivity index (χ0) is 12.9. The van der Waals surface area contributed by atoms with Gasteiger partial charge in [0.15, 0.2) is 5.92 Å². The third-order valence-electron chi connectivity index (χ3n) is 3.00. The summed E-state index contributed by atoms with van der Waals surface area (Å²) in [6, 6.07) is 1.34. The van der Waals surface area contributed by atoms with Crippen LogP contribution in [0.2, 0.25) is 0 Å². The number of hydrogen-bond acceptors (Lipinski definition) is 3. The third-order valence-corrected chi connectivity index (χ3v) is 3.00. The molecule has 1 heterocycles. The highest BCUT2D eigenvalue weighted by molar-refractivity contribution is 4.91. The van der Waals surface area contributed by atoms with Crippen LogP contribution in [-0.4, -0.2) is 44.4 Å². The van der Waals surface area contributed by atoms with E-state index in [9.17, 15) is 13.2 Å². The smallest absolute Gasteiger partial charge is 0.384 e. The molecule has 1 aliphatic rings. The minimum atomic E-state index is -4.43. The quantitative estimate of drug-likeness (QED) is 0.766. The van der Waals surface area contributed by atoms with Crippen LogP contribution in [0.25, 0.3) is 0 Å². The zero-order valence-corrected chi connectivity index (χ0v) is 9.83. The van der Waals surface area contributed by atoms with Gasteiger partial charge in [-0.05, 0) is 25.3 Å². The van der Waals surface area contributed by atoms with Gasteiger partial charge < -0.3 is 9.64 Å². The van der Waals surface area contributed by atoms with Crippen molar-refractivity contribution in [2.45, 2.75) is 19.0 Å². The van der Waals surface area contributed by atoms with E-state index in [0.29, 0.717) is 19.7 Å². The summed E-state index contributed by atoms with van der Waals surface area (Å²) in [5.41, 5.74) is 0. The molecule has 0 spiro atoms. The van der Waals surface area contributed by atoms with Crippen molar-refractivity contribution in [3.63, 3.8) is 0 Å². The van der Waals surface area contributed by atoms with E-state index in [1.54, 1.807) is 12.0 Å². The predicted octanol–water partition coefficient (Wildman–Crippen LogP) is 2.05. The Kier molecular flexibility index (Phi) is 5.22. The number of methoxy groups -OCH3 is 1. The summed E-state index contributed by atoms with van der Waals surface area (Å²) in [4.78, 5) is 1.72. The monoisotopic (exact) mass is 250 g/mol. The first-order chi connectivity index (χ1) is 7.97. The van der Waals surface area contributed by atoms with Crippen LogP contribution in [0.3, 0.4) is 0 Å². The second-order valence-corrected chi connectivity index (χ2v) is 4.45. The van der Waals surface area contributed by atoms with Crippen LogP contribution >= 0.6 is 0 Å². The highest BCUT2D eigenvalue weighted by Crippen LogP contribution is 2.28. The molecule has 0 aromatic carbocycles. The van der Waals surface area contributed by atoms with Gasteiger partial charge in [0, 0.05) is 20.2 Å². The van der Waals surface area contributed by atoms with E-state index in [0.717, 1.165) is 12.8 Å². The lowest BCUT2D eigenvalue weighted by Gasteiger charge is -2.33. The van der Waals surface area contributed by atoms with Crippen molar-refractivity contribution >= 4 is 0 Å². The number of likely N-dealkylation sites (tertiary alicyclic amines) is 1. The highest BCUT2D eigenvalue weighted by atomic mass is 19.4. The maximum absolute atomic E-state index is 12.4. The number of halogens is 3. The molecular formula is C11H17F3N2O. The first kappa shape index (κ1) is 14.3. The number of ether oxygens (including phenoxy) is 1. The molecule has 2 atom stereocenters. The van der Waals surface area contributed by atoms with Gasteiger partial charge in [-0.3, -0.25) is 0 Å². The van der Waals surface area contributed by atoms with Crippen LogP contribution in [0.5, 0.6) is 0 Å². The van der Waals surface area contributed by atoms with Crippen LogP contribution in [0.4, 0.5) is 13.2 Å². The summed E-state index contributed by atoms with van der Waals surface area (Å²) < 4.78 is 42.4. The number of nitriles is 1. The number of rotatable bonds is 4. The normalized spacial score (nSPS) is 24.3. The van der Waals surface area contributed by atoms with E-state index in [-0.39, 0.29) is 12.5 Å². The van der Waals surface area contributed by atoms with Gasteiger partial charge in [-0.2, -0.15) is 18.4 Å². The molecule has 0 N–H and O–H groups in total. The standard InChI is InChI=1S/C11H17F3N2O/c1-17-8-9-3-2-4-16(6-9)7-10(5-15)11(12,13)14/h9-10H,2-4,6-8H2,1H3. The van der Waals surface area contributed by atoms with Gasteiger partial charge in [0.2, 0.25) is 0 Å². The van der Waals surface area contributed by atoms with Crippen LogP contribution < -0.4 is 0 Å². The molecule has 1 fully saturated rings. The lowest BCUT2D eigenvalue weighted by Crippen LogP contribution is -2.42. The summed E-state index contributed by atoms with van der Waals surface area (Å²) in [6.45, 7) is 1.57. The van der Waals surface area contributed by atoms with Gasteiger partial charge in [0.25, 0.3) is 0 Å². The second kappa shape index (κ2) is 6.22. The van der Waals surface area contributed by atoms with Crippen molar-refractivity contribution in [2.75, 3.05) is 33.4 Å². The van der Waals surface area contributed by atoms with Crippen molar-refractivity contribution in [3.8, 4) is 6.07 Å². The SMILES string of the molecule is COCC1CCCN(CC(C#N)C(F)(F)F)C1. The molecule has 0 bridgehead atoms. The first-order valence-corrected chi connectivity index (χ1v) is 5.65. The lowest BCUT2D eigenvalue weighted by atomic mass is 9.98. The summed E-state index contributed by atoms with van der Waals surface area (Å²) in [5, 5.41) is 8.54. The van der Waals surface area contributed by atoms with Crippen LogP contribution in [0, 0.1) is 23.2 Å². The summed E-state index contributed by atoms with van der Waals surface area (Å²) in [5.74, 6) is -1.61. The Labute approximate surface area is 99.1 Å². The van der Waals surface area contributed by atoms with Gasteiger partial charge in [0.1, 0.15) is 0 Å². The molecule has 0 amide bonds. The predicted molar refractivity (Wildman–Crippen MR) is 56.2 cm³/mol. The zero-order valence-electron chi connectivity index (χ0n) is 9.83. The topological polar surface area (TPSA) is 36.3 Å². The molecule has 1 saturated heterocycles. The number of nitrogens with zero attached hydrogens (tertiary/aromatic N) is 2. The van der Waals surface area contributed by atoms with Crippen molar-refractivity contribution < 1.29 is 17.9 Å². The second-order valence-electron chi connectivity index (χ2n) is 4.45. The van der Waals surface area contributed by atoms with Crippen LogP contribution in [0.1, 0.15) is 12.8 Å². The maximum atomic E-state index is 12.4. The Balaban J connectivity index is 2.48. The molecule has 98 valence electrons. The Morgan fingerprint density at radius 1 is 1.53 bits per heavy atom. The molecule has 3 nitrogen and oxygen atoms in total. The molecular weight excluding hydrogens is 233 g/mol. The number of hydrogen-bond donors (Lipinski definition) is 0. The lowest BCUT2D eigenvalue weighted by molar-refractivity contribution is -0.164. The van der Waals surface area contributed by atoms with Crippen LogP contribution in [-0.2, 0) is 4.74 Å². The van der Waals surface area contributed by atoms with E-state index in [4.69, 9.17) is 10.00 Å². The minimum absolute atomic E-state index is 0.222. The number of alkyl halides is 3. The largest absolute Gasteiger partial charge is 0.405 e. The molecule has 17 heavy (non-hydrogen) atoms. The average Bonchev–Trinajstić information content (AvgIpc) is 2.25. The Morgan fingerprint density at radius 3 is 2.76 bits per heavy atom. The molecule has 0 radical (unpaired) electrons. The van der Waals surface area contributed by atoms with Gasteiger partial charge in [0.05, 0.1) is 12.7 Å². The summed E-state index contributed by atoms with van der Waals surface area (Å²) in [7, 11) is 1.59. The van der Waals surface area contributed by atoms with Gasteiger partial charge in [-0.15, -0.1) is 0 Å². The van der Waals surface area contributed by atoms with Gasteiger partial charge in [-0.25, -0.2) is 0 Å². The molecule has 2 unspecified atom stereocenters. The molecule has 0 saturated carbocycles. The van der Waals surface area contributed by atoms with Crippen molar-refractivity contribution in [1.29, 1.82) is 5.26 Å². The fourth-order valence-corrected chi connectivity index (χ4v) is 2.16. The van der Waals surface area contributed by atoms with E-state index >= 15 is 0 Å². The van der Waals surface area contributed by atoms with Crippen molar-refractivity contribution in [1.82, 2.24) is 4.90 Å². The van der Waals surface area contributed by atoms with E-state index in [2.05, 4.69) is 0 Å². The fourth-order valence-electron chi connectivity index (χ4n) is 2.16. The number of piperidine rings is 1. The Hall–Kier alpha value is -0.800. The highest BCUT2D eigenvalue weighted by Gasteiger charge is 2.41. The average molecular weight is 250 g/mol. The molecule has 1 rings (SSSR count). The Morgan fingerprint density at radius 2 is 2.24 bits per heavy atom. The van der Waals surface area contributed by atoms with E-state index in [1.165, 1.54) is 6.07 Å².